The summed E-state index contributed by atoms with van der Waals surface area (Å²) >= 11 is 0.569. The molecule has 0 heterocycles. The molecule has 0 saturated carbocycles. The van der Waals surface area contributed by atoms with Gasteiger partial charge in [-0.05, 0) is 21.2 Å². The van der Waals surface area contributed by atoms with Crippen LogP contribution in [-0.4, -0.2) is 12.3 Å². The Morgan fingerprint density at radius 3 is 0.788 bits per heavy atom. The fraction of sp³-hybridized carbons (Fsp3) is 0.0714. The van der Waals surface area contributed by atoms with Crippen molar-refractivity contribution in [3.8, 4) is 0 Å². The predicted octanol–water partition coefficient (Wildman–Crippen LogP) is 7.28. The Hall–Kier alpha value is -1.19. The van der Waals surface area contributed by atoms with Crippen LogP contribution >= 0.6 is 36.2 Å². The Morgan fingerprint density at radius 1 is 0.455 bits per heavy atom. The van der Waals surface area contributed by atoms with Gasteiger partial charge < -0.3 is 13.8 Å². The van der Waals surface area contributed by atoms with Gasteiger partial charge in [0.05, 0.1) is 0 Å². The van der Waals surface area contributed by atoms with Crippen molar-refractivity contribution in [1.82, 2.24) is 0 Å². The van der Waals surface area contributed by atoms with Crippen LogP contribution in [-0.2, 0) is 12.7 Å². The molecule has 4 rings (SSSR count). The van der Waals surface area contributed by atoms with E-state index >= 15 is 0 Å². The summed E-state index contributed by atoms with van der Waals surface area (Å²) in [5, 5.41) is 5.64. The van der Waals surface area contributed by atoms with E-state index in [4.69, 9.17) is 20.4 Å². The fourth-order valence-corrected chi connectivity index (χ4v) is 7.00. The van der Waals surface area contributed by atoms with E-state index in [0.29, 0.717) is 12.7 Å². The molecule has 0 N–H and O–H groups in total. The van der Waals surface area contributed by atoms with Crippen LogP contribution in [0.3, 0.4) is 0 Å². The zero-order valence-corrected chi connectivity index (χ0v) is 22.6. The SMILES string of the molecule is [CH2-]CP(c1ccccc1)c1ccccc1.[CH2-]CP(c1ccccc1)c1ccccc1.[Cl][Ni+2][Cl]. The number of benzene rings is 4. The van der Waals surface area contributed by atoms with Crippen LogP contribution in [0.5, 0.6) is 0 Å². The van der Waals surface area contributed by atoms with E-state index in [9.17, 15) is 0 Å². The van der Waals surface area contributed by atoms with E-state index in [-0.39, 0.29) is 15.8 Å². The summed E-state index contributed by atoms with van der Waals surface area (Å²) in [6.07, 6.45) is 1.92. The first kappa shape index (κ1) is 28.1. The van der Waals surface area contributed by atoms with Crippen molar-refractivity contribution >= 4 is 57.4 Å². The monoisotopic (exact) mass is 554 g/mol. The topological polar surface area (TPSA) is 0 Å². The van der Waals surface area contributed by atoms with Crippen LogP contribution in [0.25, 0.3) is 0 Å². The molecule has 0 saturated heterocycles. The molecular formula is C28H28Cl2NiP2. The van der Waals surface area contributed by atoms with E-state index in [0.717, 1.165) is 12.3 Å². The summed E-state index contributed by atoms with van der Waals surface area (Å²) in [5.74, 6) is 0. The number of hydrogen-bond acceptors (Lipinski definition) is 0. The molecule has 0 bridgehead atoms. The molecule has 0 radical (unpaired) electrons. The molecule has 0 aromatic heterocycles. The summed E-state index contributed by atoms with van der Waals surface area (Å²) in [7, 11) is 8.88. The molecule has 0 aliphatic heterocycles. The predicted molar refractivity (Wildman–Crippen MR) is 150 cm³/mol. The van der Waals surface area contributed by atoms with Crippen LogP contribution in [0, 0.1) is 13.8 Å². The fourth-order valence-electron chi connectivity index (χ4n) is 3.25. The molecule has 0 nitrogen and oxygen atoms in total. The molecule has 4 aromatic carbocycles. The molecule has 0 aliphatic rings. The molecule has 33 heavy (non-hydrogen) atoms. The molecule has 4 aromatic rings. The van der Waals surface area contributed by atoms with E-state index in [1.54, 1.807) is 0 Å². The molecule has 0 atom stereocenters. The normalized spacial score (nSPS) is 10.2. The first-order valence-corrected chi connectivity index (χ1v) is 16.2. The van der Waals surface area contributed by atoms with Gasteiger partial charge in [-0.3, -0.25) is 0 Å². The minimum absolute atomic E-state index is 0.260. The van der Waals surface area contributed by atoms with E-state index in [2.05, 4.69) is 135 Å². The molecule has 0 fully saturated rings. The van der Waals surface area contributed by atoms with Crippen molar-refractivity contribution in [2.45, 2.75) is 0 Å². The average molecular weight is 556 g/mol. The molecule has 0 aliphatic carbocycles. The van der Waals surface area contributed by atoms with Crippen LogP contribution in [0.4, 0.5) is 0 Å². The van der Waals surface area contributed by atoms with Gasteiger partial charge in [0.2, 0.25) is 0 Å². The van der Waals surface area contributed by atoms with E-state index < -0.39 is 0 Å². The quantitative estimate of drug-likeness (QED) is 0.133. The van der Waals surface area contributed by atoms with Gasteiger partial charge >= 0.3 is 33.0 Å². The second kappa shape index (κ2) is 17.3. The first-order chi connectivity index (χ1) is 16.2. The maximum atomic E-state index is 4.70. The molecule has 0 unspecified atom stereocenters. The summed E-state index contributed by atoms with van der Waals surface area (Å²) in [6.45, 7) is 8.14. The van der Waals surface area contributed by atoms with Gasteiger partial charge in [0.1, 0.15) is 0 Å². The summed E-state index contributed by atoms with van der Waals surface area (Å²) in [4.78, 5) is 0. The minimum atomic E-state index is -0.260. The first-order valence-electron chi connectivity index (χ1n) is 10.4. The van der Waals surface area contributed by atoms with Crippen molar-refractivity contribution in [2.24, 2.45) is 0 Å². The van der Waals surface area contributed by atoms with E-state index in [1.165, 1.54) is 21.2 Å². The third-order valence-electron chi connectivity index (χ3n) is 4.72. The van der Waals surface area contributed by atoms with Crippen molar-refractivity contribution in [1.29, 1.82) is 0 Å². The Morgan fingerprint density at radius 2 is 0.636 bits per heavy atom. The van der Waals surface area contributed by atoms with Gasteiger partial charge in [0.15, 0.2) is 0 Å². The number of halogens is 2. The third kappa shape index (κ3) is 9.91. The van der Waals surface area contributed by atoms with Crippen molar-refractivity contribution in [3.05, 3.63) is 135 Å². The third-order valence-corrected chi connectivity index (χ3v) is 9.30. The molecule has 0 amide bonds. The average Bonchev–Trinajstić information content (AvgIpc) is 2.89. The second-order valence-corrected chi connectivity index (χ2v) is 13.0. The van der Waals surface area contributed by atoms with E-state index in [1.807, 2.05) is 0 Å². The molecular weight excluding hydrogens is 528 g/mol. The number of rotatable bonds is 6. The van der Waals surface area contributed by atoms with Gasteiger partial charge in [-0.1, -0.05) is 137 Å². The van der Waals surface area contributed by atoms with Crippen molar-refractivity contribution in [2.75, 3.05) is 12.3 Å². The zero-order chi connectivity index (χ0) is 23.7. The Balaban J connectivity index is 0.000000209. The van der Waals surface area contributed by atoms with Crippen LogP contribution in [0.2, 0.25) is 0 Å². The Labute approximate surface area is 216 Å². The molecule has 174 valence electrons. The van der Waals surface area contributed by atoms with Crippen LogP contribution in [0.1, 0.15) is 0 Å². The van der Waals surface area contributed by atoms with Crippen LogP contribution < -0.4 is 21.2 Å². The van der Waals surface area contributed by atoms with Gasteiger partial charge in [-0.15, -0.1) is 0 Å². The summed E-state index contributed by atoms with van der Waals surface area (Å²) in [5.41, 5.74) is 0. The van der Waals surface area contributed by atoms with Crippen molar-refractivity contribution < 1.29 is 12.7 Å². The van der Waals surface area contributed by atoms with Gasteiger partial charge in [0.25, 0.3) is 0 Å². The summed E-state index contributed by atoms with van der Waals surface area (Å²) < 4.78 is 0. The zero-order valence-electron chi connectivity index (χ0n) is 18.3. The maximum absolute atomic E-state index is 4.70. The van der Waals surface area contributed by atoms with Gasteiger partial charge in [-0.2, -0.15) is 12.3 Å². The van der Waals surface area contributed by atoms with Crippen LogP contribution in [0.15, 0.2) is 121 Å². The Kier molecular flexibility index (Phi) is 14.7. The number of hydrogen-bond donors (Lipinski definition) is 0. The van der Waals surface area contributed by atoms with Crippen molar-refractivity contribution in [3.63, 3.8) is 0 Å². The Bertz CT molecular complexity index is 825. The standard InChI is InChI=1S/2C14H14P.2ClH.Ni/c2*1-2-15(13-9-5-3-6-10-13)14-11-7-4-8-12-14;;;/h2*3-12H,1-2H2;2*1H;/q2*-1;;;+4/p-2. The molecule has 0 spiro atoms. The molecule has 5 heteroatoms. The van der Waals surface area contributed by atoms with Gasteiger partial charge in [-0.25, -0.2) is 0 Å². The second-order valence-electron chi connectivity index (χ2n) is 6.69. The summed E-state index contributed by atoms with van der Waals surface area (Å²) in [6, 6.07) is 42.6. The van der Waals surface area contributed by atoms with Gasteiger partial charge in [0, 0.05) is 0 Å².